The van der Waals surface area contributed by atoms with Crippen LogP contribution in [0.5, 0.6) is 0 Å². The van der Waals surface area contributed by atoms with Crippen molar-refractivity contribution >= 4 is 58.6 Å². The van der Waals surface area contributed by atoms with Gasteiger partial charge in [0.05, 0.1) is 0 Å². The molecular formula is Cl5K4RuS. The molecule has 0 radical (unpaired) electrons. The monoisotopic (exact) mass is 465 g/mol. The molecule has 0 aliphatic carbocycles. The van der Waals surface area contributed by atoms with Crippen molar-refractivity contribution in [3.63, 3.8) is 0 Å². The van der Waals surface area contributed by atoms with Gasteiger partial charge in [-0.25, -0.2) is 0 Å². The fourth-order valence-corrected chi connectivity index (χ4v) is 0. The second-order valence-electron chi connectivity index (χ2n) is 0.778. The summed E-state index contributed by atoms with van der Waals surface area (Å²) in [6.45, 7) is 0. The average Bonchev–Trinajstić information content (AvgIpc) is 0.592. The van der Waals surface area contributed by atoms with Gasteiger partial charge in [0.1, 0.15) is 0 Å². The van der Waals surface area contributed by atoms with Gasteiger partial charge in [0.15, 0.2) is 0 Å². The SMILES string of the molecule is [K+].[K+].[K+].[K+].[S]=[Ru-4]([Cl])([Cl])([Cl])([Cl])[Cl]. The van der Waals surface area contributed by atoms with E-state index in [1.807, 2.05) is 0 Å². The molecule has 0 nitrogen and oxygen atoms in total. The fourth-order valence-electron chi connectivity index (χ4n) is 0. The third-order valence-corrected chi connectivity index (χ3v) is 0. The van der Waals surface area contributed by atoms with Crippen LogP contribution < -0.4 is 206 Å². The molecule has 0 rings (SSSR count). The van der Waals surface area contributed by atoms with Crippen molar-refractivity contribution in [2.75, 3.05) is 0 Å². The summed E-state index contributed by atoms with van der Waals surface area (Å²) in [5.74, 6) is 0. The summed E-state index contributed by atoms with van der Waals surface area (Å²) in [6.07, 6.45) is 0. The van der Waals surface area contributed by atoms with Crippen LogP contribution in [-0.2, 0) is 5.72 Å². The zero-order chi connectivity index (χ0) is 6.41. The van der Waals surface area contributed by atoms with Crippen LogP contribution in [0, 0.1) is 0 Å². The molecule has 0 spiro atoms. The van der Waals surface area contributed by atoms with E-state index < -0.39 is 5.72 Å². The minimum absolute atomic E-state index is 0. The Bertz CT molecular complexity index is 136. The van der Waals surface area contributed by atoms with Gasteiger partial charge in [-0.3, -0.25) is 0 Å². The summed E-state index contributed by atoms with van der Waals surface area (Å²) < 4.78 is 0. The molecule has 0 unspecified atom stereocenters. The van der Waals surface area contributed by atoms with E-state index in [0.29, 0.717) is 0 Å². The third kappa shape index (κ3) is 68.4. The number of halogens is 5. The van der Waals surface area contributed by atoms with E-state index >= 15 is 0 Å². The van der Waals surface area contributed by atoms with Crippen LogP contribution in [0.3, 0.4) is 0 Å². The Labute approximate surface area is 259 Å². The number of rotatable bonds is 0. The molecule has 0 aromatic rings. The van der Waals surface area contributed by atoms with E-state index in [2.05, 4.69) is 10.1 Å². The zero-order valence-electron chi connectivity index (χ0n) is 6.65. The first-order chi connectivity index (χ1) is 2.45. The Balaban J connectivity index is -0.0000000300. The van der Waals surface area contributed by atoms with Crippen molar-refractivity contribution in [3.8, 4) is 0 Å². The Kier molecular flexibility index (Phi) is 30.7. The Hall–Kier alpha value is 8.84. The van der Waals surface area contributed by atoms with Gasteiger partial charge < -0.3 is 0 Å². The predicted octanol–water partition coefficient (Wildman–Crippen LogP) is -7.89. The molecule has 0 heterocycles. The van der Waals surface area contributed by atoms with Crippen LogP contribution in [0.4, 0.5) is 0 Å². The van der Waals surface area contributed by atoms with E-state index in [0.717, 1.165) is 0 Å². The van der Waals surface area contributed by atoms with Crippen LogP contribution in [0.25, 0.3) is 0 Å². The summed E-state index contributed by atoms with van der Waals surface area (Å²) in [7, 11) is 29.7. The quantitative estimate of drug-likeness (QED) is 0.320. The Morgan fingerprint density at radius 2 is 0.636 bits per heavy atom. The van der Waals surface area contributed by atoms with Crippen molar-refractivity contribution in [2.24, 2.45) is 0 Å². The molecule has 0 aliphatic heterocycles. The molecule has 0 aromatic carbocycles. The molecule has 0 fully saturated rings. The first-order valence-corrected chi connectivity index (χ1v) is 14.4. The van der Waals surface area contributed by atoms with Crippen LogP contribution in [0.15, 0.2) is 0 Å². The maximum atomic E-state index is 5.09. The first-order valence-electron chi connectivity index (χ1n) is 0.812. The first kappa shape index (κ1) is 32.0. The second-order valence-corrected chi connectivity index (χ2v) is 41.4. The summed E-state index contributed by atoms with van der Waals surface area (Å²) in [4.78, 5) is 0. The predicted molar refractivity (Wildman–Crippen MR) is 36.9 cm³/mol. The molecule has 0 saturated carbocycles. The molecule has 0 N–H and O–H groups in total. The molecule has 53 valence electrons. The second kappa shape index (κ2) is 10.5. The van der Waals surface area contributed by atoms with Gasteiger partial charge in [-0.15, -0.1) is 0 Å². The summed E-state index contributed by atoms with van der Waals surface area (Å²) in [5, 5.41) is 0. The topological polar surface area (TPSA) is 0 Å². The standard InChI is InChI=1S/5ClH.4K.Ru.S/h5*1H;;;;;;/q;;;;;5*+1;/p-5. The van der Waals surface area contributed by atoms with Crippen LogP contribution in [0.1, 0.15) is 0 Å². The summed E-state index contributed by atoms with van der Waals surface area (Å²) in [5.41, 5.74) is -5.11. The van der Waals surface area contributed by atoms with E-state index in [4.69, 9.17) is 48.5 Å². The van der Waals surface area contributed by atoms with E-state index in [1.54, 1.807) is 0 Å². The van der Waals surface area contributed by atoms with Crippen LogP contribution in [0.2, 0.25) is 0 Å². The van der Waals surface area contributed by atoms with Gasteiger partial charge in [0.2, 0.25) is 0 Å². The van der Waals surface area contributed by atoms with Crippen molar-refractivity contribution in [3.05, 3.63) is 0 Å². The molecule has 0 bridgehead atoms. The van der Waals surface area contributed by atoms with Gasteiger partial charge >= 0.3 is 270 Å². The number of hydrogen-bond donors (Lipinski definition) is 0. The number of hydrogen-bond acceptors (Lipinski definition) is 1. The molecular weight excluding hydrogens is 467 g/mol. The van der Waals surface area contributed by atoms with Gasteiger partial charge in [-0.05, 0) is 0 Å². The normalized spacial score (nSPS) is 14.6. The molecule has 0 amide bonds. The molecule has 0 atom stereocenters. The molecule has 11 heavy (non-hydrogen) atoms. The zero-order valence-corrected chi connectivity index (χ0v) is 25.5. The van der Waals surface area contributed by atoms with E-state index in [1.165, 1.54) is 0 Å². The van der Waals surface area contributed by atoms with Crippen LogP contribution in [-0.4, -0.2) is 0 Å². The van der Waals surface area contributed by atoms with E-state index in [-0.39, 0.29) is 206 Å². The molecule has 0 saturated heterocycles. The van der Waals surface area contributed by atoms with E-state index in [9.17, 15) is 0 Å². The van der Waals surface area contributed by atoms with Crippen molar-refractivity contribution < 1.29 is 211 Å². The van der Waals surface area contributed by atoms with Crippen LogP contribution >= 0.6 is 58.6 Å². The average molecular weight is 467 g/mol. The Morgan fingerprint density at radius 3 is 0.636 bits per heavy atom. The Morgan fingerprint density at radius 1 is 0.636 bits per heavy atom. The molecule has 0 aliphatic rings. The summed E-state index contributed by atoms with van der Waals surface area (Å²) >= 11 is 0. The van der Waals surface area contributed by atoms with Gasteiger partial charge in [-0.2, -0.15) is 0 Å². The van der Waals surface area contributed by atoms with Crippen molar-refractivity contribution in [1.82, 2.24) is 0 Å². The van der Waals surface area contributed by atoms with Gasteiger partial charge in [0.25, 0.3) is 0 Å². The third-order valence-electron chi connectivity index (χ3n) is 0. The molecule has 0 aromatic heterocycles. The minimum atomic E-state index is -5.11. The fraction of sp³-hybridized carbons (Fsp3) is 0. The van der Waals surface area contributed by atoms with Crippen molar-refractivity contribution in [1.29, 1.82) is 0 Å². The van der Waals surface area contributed by atoms with Gasteiger partial charge in [-0.1, -0.05) is 0 Å². The van der Waals surface area contributed by atoms with Crippen molar-refractivity contribution in [2.45, 2.75) is 0 Å². The summed E-state index contributed by atoms with van der Waals surface area (Å²) in [6, 6.07) is 0. The molecule has 11 heteroatoms. The maximum absolute atomic E-state index is 5.11. The van der Waals surface area contributed by atoms with Gasteiger partial charge in [0, 0.05) is 0 Å².